The summed E-state index contributed by atoms with van der Waals surface area (Å²) >= 11 is 0. The Morgan fingerprint density at radius 3 is 2.20 bits per heavy atom. The summed E-state index contributed by atoms with van der Waals surface area (Å²) in [5, 5.41) is 6.88. The molecular weight excluding hydrogens is 182 g/mol. The van der Waals surface area contributed by atoms with Crippen molar-refractivity contribution in [3.8, 4) is 0 Å². The Hall–Kier alpha value is -1.63. The molecule has 0 aromatic heterocycles. The molecule has 0 saturated carbocycles. The lowest BCUT2D eigenvalue weighted by Crippen LogP contribution is -1.84. The molecule has 1 aromatic rings. The number of allylic oxidation sites excluding steroid dienone is 4. The summed E-state index contributed by atoms with van der Waals surface area (Å²) < 4.78 is 0. The fraction of sp³-hybridized carbons (Fsp3) is 0.214. The Morgan fingerprint density at radius 2 is 1.67 bits per heavy atom. The van der Waals surface area contributed by atoms with Gasteiger partial charge in [0.2, 0.25) is 0 Å². The monoisotopic (exact) mass is 199 g/mol. The molecule has 1 nitrogen and oxygen atoms in total. The maximum atomic E-state index is 6.88. The molecule has 0 unspecified atom stereocenters. The second-order valence-electron chi connectivity index (χ2n) is 3.78. The van der Waals surface area contributed by atoms with Crippen LogP contribution in [0.3, 0.4) is 0 Å². The van der Waals surface area contributed by atoms with Crippen molar-refractivity contribution < 1.29 is 0 Å². The van der Waals surface area contributed by atoms with Crippen molar-refractivity contribution in [1.29, 1.82) is 5.41 Å². The lowest BCUT2D eigenvalue weighted by Gasteiger charge is -2.04. The summed E-state index contributed by atoms with van der Waals surface area (Å²) in [7, 11) is 0. The summed E-state index contributed by atoms with van der Waals surface area (Å²) in [6, 6.07) is 6.53. The molecule has 1 rings (SSSR count). The van der Waals surface area contributed by atoms with E-state index >= 15 is 0 Å². The zero-order chi connectivity index (χ0) is 11.3. The van der Waals surface area contributed by atoms with Gasteiger partial charge in [-0.3, -0.25) is 0 Å². The van der Waals surface area contributed by atoms with Crippen LogP contribution in [-0.4, -0.2) is 6.21 Å². The maximum absolute atomic E-state index is 6.88. The first-order valence-corrected chi connectivity index (χ1v) is 5.06. The van der Waals surface area contributed by atoms with E-state index in [1.807, 2.05) is 12.2 Å². The van der Waals surface area contributed by atoms with Crippen LogP contribution in [0.2, 0.25) is 0 Å². The van der Waals surface area contributed by atoms with Crippen molar-refractivity contribution >= 4 is 11.8 Å². The highest BCUT2D eigenvalue weighted by molar-refractivity contribution is 5.71. The minimum atomic E-state index is 1.22. The largest absolute Gasteiger partial charge is 0.309 e. The Labute approximate surface area is 91.7 Å². The second kappa shape index (κ2) is 5.30. The molecule has 0 bridgehead atoms. The zero-order valence-corrected chi connectivity index (χ0v) is 9.54. The van der Waals surface area contributed by atoms with E-state index in [1.54, 1.807) is 6.08 Å². The predicted octanol–water partition coefficient (Wildman–Crippen LogP) is 3.91. The van der Waals surface area contributed by atoms with E-state index in [4.69, 9.17) is 5.41 Å². The van der Waals surface area contributed by atoms with Gasteiger partial charge in [-0.2, -0.15) is 0 Å². The van der Waals surface area contributed by atoms with Crippen LogP contribution < -0.4 is 0 Å². The zero-order valence-electron chi connectivity index (χ0n) is 9.54. The highest BCUT2D eigenvalue weighted by Crippen LogP contribution is 2.17. The summed E-state index contributed by atoms with van der Waals surface area (Å²) in [6.07, 6.45) is 6.91. The lowest BCUT2D eigenvalue weighted by molar-refractivity contribution is 1.36. The van der Waals surface area contributed by atoms with Crippen LogP contribution in [0.5, 0.6) is 0 Å². The van der Waals surface area contributed by atoms with Gasteiger partial charge in [-0.15, -0.1) is 0 Å². The van der Waals surface area contributed by atoms with Crippen LogP contribution in [0.1, 0.15) is 23.6 Å². The summed E-state index contributed by atoms with van der Waals surface area (Å²) in [5.41, 5.74) is 5.05. The average Bonchev–Trinajstić information content (AvgIpc) is 2.16. The molecule has 0 fully saturated rings. The molecular formula is C14H17N. The number of aryl methyl sites for hydroxylation is 2. The SMILES string of the molecule is CC(=C/C=C\C=N)c1cc(C)cc(C)c1. The van der Waals surface area contributed by atoms with Gasteiger partial charge in [0, 0.05) is 6.21 Å². The smallest absolute Gasteiger partial charge is 0.0177 e. The van der Waals surface area contributed by atoms with Crippen LogP contribution in [0, 0.1) is 19.3 Å². The normalized spacial score (nSPS) is 12.1. The van der Waals surface area contributed by atoms with Crippen molar-refractivity contribution in [2.45, 2.75) is 20.8 Å². The van der Waals surface area contributed by atoms with Crippen LogP contribution in [-0.2, 0) is 0 Å². The minimum absolute atomic E-state index is 1.22. The molecule has 0 saturated heterocycles. The molecule has 0 amide bonds. The Kier molecular flexibility index (Phi) is 4.04. The van der Waals surface area contributed by atoms with Crippen molar-refractivity contribution in [3.63, 3.8) is 0 Å². The third kappa shape index (κ3) is 3.55. The van der Waals surface area contributed by atoms with Crippen LogP contribution >= 0.6 is 0 Å². The molecule has 1 aromatic carbocycles. The van der Waals surface area contributed by atoms with Gasteiger partial charge in [-0.05, 0) is 38.0 Å². The number of hydrogen-bond donors (Lipinski definition) is 1. The van der Waals surface area contributed by atoms with Crippen molar-refractivity contribution in [1.82, 2.24) is 0 Å². The van der Waals surface area contributed by atoms with Crippen molar-refractivity contribution in [2.75, 3.05) is 0 Å². The van der Waals surface area contributed by atoms with Gasteiger partial charge in [-0.25, -0.2) is 0 Å². The van der Waals surface area contributed by atoms with E-state index in [9.17, 15) is 0 Å². The van der Waals surface area contributed by atoms with Gasteiger partial charge in [0.15, 0.2) is 0 Å². The first kappa shape index (κ1) is 11.4. The maximum Gasteiger partial charge on any atom is 0.0177 e. The van der Waals surface area contributed by atoms with E-state index in [0.717, 1.165) is 0 Å². The lowest BCUT2D eigenvalue weighted by atomic mass is 10.0. The Balaban J connectivity index is 3.00. The van der Waals surface area contributed by atoms with E-state index in [-0.39, 0.29) is 0 Å². The van der Waals surface area contributed by atoms with Crippen molar-refractivity contribution in [3.05, 3.63) is 53.1 Å². The van der Waals surface area contributed by atoms with Gasteiger partial charge in [0.25, 0.3) is 0 Å². The minimum Gasteiger partial charge on any atom is -0.309 e. The van der Waals surface area contributed by atoms with Gasteiger partial charge >= 0.3 is 0 Å². The second-order valence-corrected chi connectivity index (χ2v) is 3.78. The molecule has 0 aliphatic rings. The van der Waals surface area contributed by atoms with E-state index in [0.29, 0.717) is 0 Å². The number of hydrogen-bond acceptors (Lipinski definition) is 1. The fourth-order valence-electron chi connectivity index (χ4n) is 1.55. The molecule has 0 heterocycles. The van der Waals surface area contributed by atoms with E-state index < -0.39 is 0 Å². The molecule has 15 heavy (non-hydrogen) atoms. The molecule has 0 spiro atoms. The van der Waals surface area contributed by atoms with Crippen LogP contribution in [0.15, 0.2) is 36.4 Å². The van der Waals surface area contributed by atoms with Gasteiger partial charge in [-0.1, -0.05) is 41.5 Å². The first-order chi connectivity index (χ1) is 7.13. The topological polar surface area (TPSA) is 23.9 Å². The molecule has 78 valence electrons. The quantitative estimate of drug-likeness (QED) is 0.563. The first-order valence-electron chi connectivity index (χ1n) is 5.06. The Bertz CT molecular complexity index is 391. The number of benzene rings is 1. The number of nitrogens with one attached hydrogen (secondary N) is 1. The van der Waals surface area contributed by atoms with E-state index in [1.165, 1.54) is 28.5 Å². The molecule has 1 heteroatoms. The van der Waals surface area contributed by atoms with Gasteiger partial charge in [0.1, 0.15) is 0 Å². The number of rotatable bonds is 3. The molecule has 0 radical (unpaired) electrons. The molecule has 0 aliphatic carbocycles. The molecule has 0 aliphatic heterocycles. The summed E-state index contributed by atoms with van der Waals surface area (Å²) in [6.45, 7) is 6.30. The third-order valence-corrected chi connectivity index (χ3v) is 2.23. The van der Waals surface area contributed by atoms with Crippen LogP contribution in [0.4, 0.5) is 0 Å². The predicted molar refractivity (Wildman–Crippen MR) is 67.5 cm³/mol. The third-order valence-electron chi connectivity index (χ3n) is 2.23. The van der Waals surface area contributed by atoms with Crippen molar-refractivity contribution in [2.24, 2.45) is 0 Å². The molecule has 1 N–H and O–H groups in total. The van der Waals surface area contributed by atoms with Crippen LogP contribution in [0.25, 0.3) is 5.57 Å². The van der Waals surface area contributed by atoms with Gasteiger partial charge in [0.05, 0.1) is 0 Å². The standard InChI is InChI=1S/C14H17N/c1-11-8-12(2)10-14(9-11)13(3)6-4-5-7-15/h4-10,15H,1-3H3/b5-4-,13-6?,15-7?. The fourth-order valence-corrected chi connectivity index (χ4v) is 1.55. The van der Waals surface area contributed by atoms with E-state index in [2.05, 4.69) is 39.0 Å². The summed E-state index contributed by atoms with van der Waals surface area (Å²) in [4.78, 5) is 0. The van der Waals surface area contributed by atoms with Gasteiger partial charge < -0.3 is 5.41 Å². The Morgan fingerprint density at radius 1 is 1.07 bits per heavy atom. The average molecular weight is 199 g/mol. The highest BCUT2D eigenvalue weighted by Gasteiger charge is 1.96. The summed E-state index contributed by atoms with van der Waals surface area (Å²) in [5.74, 6) is 0. The molecule has 0 atom stereocenters. The highest BCUT2D eigenvalue weighted by atomic mass is 14.3.